The summed E-state index contributed by atoms with van der Waals surface area (Å²) in [4.78, 5) is 2.27. The second-order valence-corrected chi connectivity index (χ2v) is 10.4. The average molecular weight is 415 g/mol. The molecule has 0 amide bonds. The predicted octanol–water partition coefficient (Wildman–Crippen LogP) is 4.67. The molecular formula is C17H16Cl2N2O2S2. The Morgan fingerprint density at radius 3 is 2.64 bits per heavy atom. The maximum atomic E-state index is 13.2. The van der Waals surface area contributed by atoms with Gasteiger partial charge in [0.25, 0.3) is 10.0 Å². The third kappa shape index (κ3) is 2.90. The summed E-state index contributed by atoms with van der Waals surface area (Å²) >= 11 is 12.9. The number of likely N-dealkylation sites (tertiary alicyclic amines) is 1. The van der Waals surface area contributed by atoms with Crippen LogP contribution in [-0.4, -0.2) is 37.4 Å². The van der Waals surface area contributed by atoms with Crippen molar-refractivity contribution in [1.29, 1.82) is 0 Å². The molecule has 1 aliphatic rings. The third-order valence-electron chi connectivity index (χ3n) is 4.68. The molecule has 3 aromatic rings. The molecule has 0 aliphatic carbocycles. The number of likely N-dealkylation sites (N-methyl/N-ethyl adjacent to an activating group) is 1. The van der Waals surface area contributed by atoms with Crippen molar-refractivity contribution in [3.8, 4) is 0 Å². The number of halogens is 2. The van der Waals surface area contributed by atoms with Gasteiger partial charge in [-0.15, -0.1) is 11.3 Å². The van der Waals surface area contributed by atoms with E-state index in [9.17, 15) is 8.42 Å². The van der Waals surface area contributed by atoms with Gasteiger partial charge in [0.05, 0.1) is 10.5 Å². The number of fused-ring (bicyclic) bond motifs is 1. The Labute approximate surface area is 160 Å². The van der Waals surface area contributed by atoms with Crippen molar-refractivity contribution < 1.29 is 8.42 Å². The number of rotatable bonds is 3. The van der Waals surface area contributed by atoms with Crippen molar-refractivity contribution in [2.45, 2.75) is 16.5 Å². The molecule has 1 atom stereocenters. The molecular weight excluding hydrogens is 399 g/mol. The Kier molecular flexibility index (Phi) is 4.37. The number of para-hydroxylation sites is 1. The van der Waals surface area contributed by atoms with Gasteiger partial charge in [-0.1, -0.05) is 41.4 Å². The number of nitrogens with zero attached hydrogens (tertiary/aromatic N) is 2. The largest absolute Gasteiger partial charge is 0.306 e. The zero-order valence-electron chi connectivity index (χ0n) is 13.4. The predicted molar refractivity (Wildman–Crippen MR) is 104 cm³/mol. The molecule has 0 spiro atoms. The Bertz CT molecular complexity index is 1040. The number of hydrogen-bond acceptors (Lipinski definition) is 4. The molecule has 1 unspecified atom stereocenters. The molecule has 4 nitrogen and oxygen atoms in total. The SMILES string of the molecule is CN1CCC(c2cn(S(=O)(=O)c3cc(Cl)c(Cl)s3)c3ccccc23)C1. The maximum Gasteiger partial charge on any atom is 0.277 e. The normalized spacial score (nSPS) is 19.1. The molecule has 3 heterocycles. The Morgan fingerprint density at radius 2 is 2.00 bits per heavy atom. The van der Waals surface area contributed by atoms with Gasteiger partial charge in [-0.2, -0.15) is 8.42 Å². The molecule has 2 aromatic heterocycles. The van der Waals surface area contributed by atoms with Gasteiger partial charge in [0.2, 0.25) is 0 Å². The summed E-state index contributed by atoms with van der Waals surface area (Å²) in [5, 5.41) is 1.25. The molecule has 0 radical (unpaired) electrons. The van der Waals surface area contributed by atoms with Crippen LogP contribution in [0.4, 0.5) is 0 Å². The van der Waals surface area contributed by atoms with E-state index in [1.54, 1.807) is 6.20 Å². The van der Waals surface area contributed by atoms with Crippen molar-refractivity contribution in [3.63, 3.8) is 0 Å². The number of thiophene rings is 1. The molecule has 1 saturated heterocycles. The van der Waals surface area contributed by atoms with Gasteiger partial charge in [0.15, 0.2) is 0 Å². The lowest BCUT2D eigenvalue weighted by molar-refractivity contribution is 0.412. The highest BCUT2D eigenvalue weighted by Crippen LogP contribution is 2.38. The zero-order chi connectivity index (χ0) is 17.8. The molecule has 8 heteroatoms. The van der Waals surface area contributed by atoms with Crippen LogP contribution in [0.2, 0.25) is 9.36 Å². The second kappa shape index (κ2) is 6.28. The molecule has 0 bridgehead atoms. The van der Waals surface area contributed by atoms with Gasteiger partial charge in [-0.05, 0) is 43.6 Å². The minimum Gasteiger partial charge on any atom is -0.306 e. The van der Waals surface area contributed by atoms with E-state index in [2.05, 4.69) is 11.9 Å². The van der Waals surface area contributed by atoms with Gasteiger partial charge in [-0.3, -0.25) is 0 Å². The van der Waals surface area contributed by atoms with Crippen molar-refractivity contribution in [3.05, 3.63) is 51.5 Å². The Hall–Kier alpha value is -1.05. The number of aromatic nitrogens is 1. The molecule has 132 valence electrons. The summed E-state index contributed by atoms with van der Waals surface area (Å²) in [6.07, 6.45) is 2.80. The Balaban J connectivity index is 1.90. The van der Waals surface area contributed by atoms with Crippen LogP contribution in [-0.2, 0) is 10.0 Å². The minimum atomic E-state index is -3.74. The number of benzene rings is 1. The van der Waals surface area contributed by atoms with Crippen molar-refractivity contribution in [1.82, 2.24) is 8.87 Å². The van der Waals surface area contributed by atoms with Crippen LogP contribution < -0.4 is 0 Å². The zero-order valence-corrected chi connectivity index (χ0v) is 16.6. The van der Waals surface area contributed by atoms with Gasteiger partial charge in [-0.25, -0.2) is 3.97 Å². The lowest BCUT2D eigenvalue weighted by Gasteiger charge is -2.09. The van der Waals surface area contributed by atoms with E-state index in [-0.39, 0.29) is 13.6 Å². The molecule has 0 N–H and O–H groups in total. The first kappa shape index (κ1) is 17.4. The van der Waals surface area contributed by atoms with Gasteiger partial charge < -0.3 is 4.90 Å². The van der Waals surface area contributed by atoms with E-state index in [1.807, 2.05) is 24.3 Å². The fourth-order valence-corrected chi connectivity index (χ4v) is 6.79. The second-order valence-electron chi connectivity index (χ2n) is 6.34. The van der Waals surface area contributed by atoms with Crippen LogP contribution in [0.15, 0.2) is 40.7 Å². The number of hydrogen-bond donors (Lipinski definition) is 0. The molecule has 1 aromatic carbocycles. The van der Waals surface area contributed by atoms with Gasteiger partial charge in [0, 0.05) is 18.1 Å². The van der Waals surface area contributed by atoms with Crippen molar-refractivity contribution in [2.75, 3.05) is 20.1 Å². The molecule has 25 heavy (non-hydrogen) atoms. The monoisotopic (exact) mass is 414 g/mol. The van der Waals surface area contributed by atoms with Crippen molar-refractivity contribution >= 4 is 55.5 Å². The van der Waals surface area contributed by atoms with E-state index < -0.39 is 10.0 Å². The lowest BCUT2D eigenvalue weighted by atomic mass is 9.98. The van der Waals surface area contributed by atoms with Crippen LogP contribution in [0.25, 0.3) is 10.9 Å². The quantitative estimate of drug-likeness (QED) is 0.625. The maximum absolute atomic E-state index is 13.2. The van der Waals surface area contributed by atoms with Crippen LogP contribution in [0.5, 0.6) is 0 Å². The molecule has 0 saturated carbocycles. The van der Waals surface area contributed by atoms with Crippen LogP contribution >= 0.6 is 34.5 Å². The first-order valence-electron chi connectivity index (χ1n) is 7.87. The highest BCUT2D eigenvalue weighted by molar-refractivity contribution is 7.92. The standard InChI is InChI=1S/C17H16Cl2N2O2S2/c1-20-7-6-11(9-20)13-10-21(15-5-3-2-4-12(13)15)25(22,23)16-8-14(18)17(19)24-16/h2-5,8,10-11H,6-7,9H2,1H3. The first-order chi connectivity index (χ1) is 11.9. The van der Waals surface area contributed by atoms with Gasteiger partial charge >= 0.3 is 0 Å². The average Bonchev–Trinajstić information content (AvgIpc) is 3.25. The lowest BCUT2D eigenvalue weighted by Crippen LogP contribution is -2.13. The van der Waals surface area contributed by atoms with Gasteiger partial charge in [0.1, 0.15) is 8.55 Å². The van der Waals surface area contributed by atoms with Crippen LogP contribution in [0.3, 0.4) is 0 Å². The van der Waals surface area contributed by atoms with Crippen LogP contribution in [0, 0.1) is 0 Å². The van der Waals surface area contributed by atoms with Crippen molar-refractivity contribution in [2.24, 2.45) is 0 Å². The molecule has 4 rings (SSSR count). The van der Waals surface area contributed by atoms with Crippen LogP contribution in [0.1, 0.15) is 17.9 Å². The summed E-state index contributed by atoms with van der Waals surface area (Å²) < 4.78 is 28.1. The van der Waals surface area contributed by atoms with E-state index in [4.69, 9.17) is 23.2 Å². The highest BCUT2D eigenvalue weighted by atomic mass is 35.5. The fraction of sp³-hybridized carbons (Fsp3) is 0.294. The Morgan fingerprint density at radius 1 is 1.24 bits per heavy atom. The first-order valence-corrected chi connectivity index (χ1v) is 10.9. The van der Waals surface area contributed by atoms with E-state index in [0.717, 1.165) is 41.8 Å². The molecule has 1 fully saturated rings. The smallest absolute Gasteiger partial charge is 0.277 e. The van der Waals surface area contributed by atoms with E-state index >= 15 is 0 Å². The summed E-state index contributed by atoms with van der Waals surface area (Å²) in [7, 11) is -1.65. The van der Waals surface area contributed by atoms with E-state index in [1.165, 1.54) is 10.0 Å². The summed E-state index contributed by atoms with van der Waals surface area (Å²) in [6, 6.07) is 9.05. The highest BCUT2D eigenvalue weighted by Gasteiger charge is 2.29. The third-order valence-corrected chi connectivity index (χ3v) is 8.66. The van der Waals surface area contributed by atoms with E-state index in [0.29, 0.717) is 11.4 Å². The minimum absolute atomic E-state index is 0.151. The molecule has 1 aliphatic heterocycles. The topological polar surface area (TPSA) is 42.3 Å². The summed E-state index contributed by atoms with van der Waals surface area (Å²) in [5.41, 5.74) is 1.77. The summed E-state index contributed by atoms with van der Waals surface area (Å²) in [5.74, 6) is 0.335. The summed E-state index contributed by atoms with van der Waals surface area (Å²) in [6.45, 7) is 1.96. The fourth-order valence-electron chi connectivity index (χ4n) is 3.44.